The van der Waals surface area contributed by atoms with Crippen molar-refractivity contribution in [2.75, 3.05) is 6.54 Å². The largest absolute Gasteiger partial charge is 0.318 e. The van der Waals surface area contributed by atoms with E-state index < -0.39 is 0 Å². The first-order chi connectivity index (χ1) is 11.8. The molecule has 2 amide bonds. The molecule has 0 atom stereocenters. The maximum absolute atomic E-state index is 12.3. The maximum Gasteiger partial charge on any atom is 0.293 e. The second-order valence-electron chi connectivity index (χ2n) is 6.36. The summed E-state index contributed by atoms with van der Waals surface area (Å²) in [5.41, 5.74) is 6.75. The number of thioether (sulfide) groups is 1. The predicted octanol–water partition coefficient (Wildman–Crippen LogP) is 4.77. The number of benzene rings is 1. The summed E-state index contributed by atoms with van der Waals surface area (Å²) in [6, 6.07) is 8.46. The summed E-state index contributed by atoms with van der Waals surface area (Å²) in [5, 5.41) is -0.193. The van der Waals surface area contributed by atoms with Gasteiger partial charge in [0.15, 0.2) is 0 Å². The lowest BCUT2D eigenvalue weighted by molar-refractivity contribution is -0.122. The third kappa shape index (κ3) is 3.04. The molecular weight excluding hydrogens is 332 g/mol. The van der Waals surface area contributed by atoms with Crippen LogP contribution in [0.1, 0.15) is 35.0 Å². The van der Waals surface area contributed by atoms with E-state index in [4.69, 9.17) is 0 Å². The number of likely N-dealkylation sites (N-methyl/N-ethyl adjacent to an activating group) is 1. The van der Waals surface area contributed by atoms with Gasteiger partial charge in [0.25, 0.3) is 11.1 Å². The molecule has 1 aliphatic rings. The van der Waals surface area contributed by atoms with Crippen molar-refractivity contribution in [2.45, 2.75) is 34.6 Å². The second-order valence-corrected chi connectivity index (χ2v) is 7.35. The lowest BCUT2D eigenvalue weighted by Gasteiger charge is -2.12. The van der Waals surface area contributed by atoms with Gasteiger partial charge in [0.2, 0.25) is 0 Å². The SMILES string of the molecule is CCN1C(=O)S/C(=C/c2cc(C)n(-c3ccc(C)c(C)c3)c2C)C1=O. The number of aromatic nitrogens is 1. The van der Waals surface area contributed by atoms with Crippen molar-refractivity contribution < 1.29 is 9.59 Å². The summed E-state index contributed by atoms with van der Waals surface area (Å²) in [6.07, 6.45) is 1.83. The molecule has 1 aromatic carbocycles. The highest BCUT2D eigenvalue weighted by atomic mass is 32.2. The molecule has 130 valence electrons. The average molecular weight is 354 g/mol. The number of imide groups is 1. The van der Waals surface area contributed by atoms with E-state index in [0.717, 1.165) is 34.4 Å². The van der Waals surface area contributed by atoms with Crippen molar-refractivity contribution in [2.24, 2.45) is 0 Å². The van der Waals surface area contributed by atoms with Crippen molar-refractivity contribution in [3.8, 4) is 5.69 Å². The lowest BCUT2D eigenvalue weighted by atomic mass is 10.1. The van der Waals surface area contributed by atoms with Gasteiger partial charge in [-0.1, -0.05) is 6.07 Å². The molecule has 2 aromatic rings. The molecular formula is C20H22N2O2S. The number of amides is 2. The minimum atomic E-state index is -0.200. The van der Waals surface area contributed by atoms with E-state index in [1.165, 1.54) is 16.0 Å². The van der Waals surface area contributed by atoms with Crippen molar-refractivity contribution in [1.82, 2.24) is 9.47 Å². The fraction of sp³-hybridized carbons (Fsp3) is 0.300. The smallest absolute Gasteiger partial charge is 0.293 e. The molecule has 1 saturated heterocycles. The van der Waals surface area contributed by atoms with Crippen LogP contribution in [-0.4, -0.2) is 27.2 Å². The normalized spacial score (nSPS) is 16.4. The molecule has 0 aliphatic carbocycles. The Morgan fingerprint density at radius 2 is 1.76 bits per heavy atom. The van der Waals surface area contributed by atoms with E-state index in [9.17, 15) is 9.59 Å². The van der Waals surface area contributed by atoms with Gasteiger partial charge in [0, 0.05) is 23.6 Å². The average Bonchev–Trinajstić information content (AvgIpc) is 2.99. The summed E-state index contributed by atoms with van der Waals surface area (Å²) >= 11 is 1.01. The molecule has 2 heterocycles. The third-order valence-electron chi connectivity index (χ3n) is 4.70. The van der Waals surface area contributed by atoms with Gasteiger partial charge < -0.3 is 4.57 Å². The van der Waals surface area contributed by atoms with E-state index in [1.807, 2.05) is 19.9 Å². The van der Waals surface area contributed by atoms with Crippen LogP contribution in [0.5, 0.6) is 0 Å². The Hall–Kier alpha value is -2.27. The highest BCUT2D eigenvalue weighted by Crippen LogP contribution is 2.33. The van der Waals surface area contributed by atoms with Crippen LogP contribution in [0.4, 0.5) is 4.79 Å². The summed E-state index contributed by atoms with van der Waals surface area (Å²) in [5.74, 6) is -0.200. The van der Waals surface area contributed by atoms with Gasteiger partial charge in [-0.05, 0) is 87.3 Å². The number of hydrogen-bond donors (Lipinski definition) is 0. The molecule has 5 heteroatoms. The minimum absolute atomic E-state index is 0.193. The summed E-state index contributed by atoms with van der Waals surface area (Å²) < 4.78 is 2.18. The minimum Gasteiger partial charge on any atom is -0.318 e. The van der Waals surface area contributed by atoms with Crippen LogP contribution in [0.3, 0.4) is 0 Å². The van der Waals surface area contributed by atoms with Crippen molar-refractivity contribution in [3.63, 3.8) is 0 Å². The van der Waals surface area contributed by atoms with Crippen LogP contribution in [-0.2, 0) is 4.79 Å². The third-order valence-corrected chi connectivity index (χ3v) is 5.60. The molecule has 1 aromatic heterocycles. The van der Waals surface area contributed by atoms with Crippen molar-refractivity contribution in [3.05, 3.63) is 57.2 Å². The Balaban J connectivity index is 2.03. The van der Waals surface area contributed by atoms with E-state index >= 15 is 0 Å². The maximum atomic E-state index is 12.3. The van der Waals surface area contributed by atoms with Gasteiger partial charge in [-0.3, -0.25) is 14.5 Å². The molecule has 0 unspecified atom stereocenters. The Morgan fingerprint density at radius 1 is 1.04 bits per heavy atom. The van der Waals surface area contributed by atoms with E-state index in [-0.39, 0.29) is 11.1 Å². The Labute approximate surface area is 152 Å². The molecule has 0 bridgehead atoms. The van der Waals surface area contributed by atoms with Gasteiger partial charge >= 0.3 is 0 Å². The van der Waals surface area contributed by atoms with Crippen LogP contribution in [0.25, 0.3) is 11.8 Å². The number of nitrogens with zero attached hydrogens (tertiary/aromatic N) is 2. The van der Waals surface area contributed by atoms with Gasteiger partial charge in [0.05, 0.1) is 4.91 Å². The quantitative estimate of drug-likeness (QED) is 0.746. The molecule has 1 aliphatic heterocycles. The molecule has 3 rings (SSSR count). The van der Waals surface area contributed by atoms with Gasteiger partial charge in [-0.25, -0.2) is 0 Å². The van der Waals surface area contributed by atoms with Crippen molar-refractivity contribution in [1.29, 1.82) is 0 Å². The standard InChI is InChI=1S/C20H22N2O2S/c1-6-21-19(23)18(25-20(21)24)11-16-10-14(4)22(15(16)5)17-8-7-12(2)13(3)9-17/h7-11H,6H2,1-5H3/b18-11+. The van der Waals surface area contributed by atoms with Crippen LogP contribution < -0.4 is 0 Å². The van der Waals surface area contributed by atoms with Crippen LogP contribution in [0.2, 0.25) is 0 Å². The summed E-state index contributed by atoms with van der Waals surface area (Å²) in [7, 11) is 0. The van der Waals surface area contributed by atoms with Gasteiger partial charge in [0.1, 0.15) is 0 Å². The van der Waals surface area contributed by atoms with Crippen molar-refractivity contribution >= 4 is 29.0 Å². The second kappa shape index (κ2) is 6.56. The van der Waals surface area contributed by atoms with Crippen LogP contribution in [0.15, 0.2) is 29.2 Å². The lowest BCUT2D eigenvalue weighted by Crippen LogP contribution is -2.27. The zero-order valence-electron chi connectivity index (χ0n) is 15.2. The molecule has 0 radical (unpaired) electrons. The summed E-state index contributed by atoms with van der Waals surface area (Å²) in [6.45, 7) is 10.5. The Morgan fingerprint density at radius 3 is 2.36 bits per heavy atom. The summed E-state index contributed by atoms with van der Waals surface area (Å²) in [4.78, 5) is 26.0. The first-order valence-electron chi connectivity index (χ1n) is 8.35. The van der Waals surface area contributed by atoms with E-state index in [2.05, 4.69) is 49.6 Å². The highest BCUT2D eigenvalue weighted by Gasteiger charge is 2.33. The number of rotatable bonds is 3. The molecule has 0 saturated carbocycles. The predicted molar refractivity (Wildman–Crippen MR) is 103 cm³/mol. The topological polar surface area (TPSA) is 42.3 Å². The van der Waals surface area contributed by atoms with Gasteiger partial charge in [-0.15, -0.1) is 0 Å². The first-order valence-corrected chi connectivity index (χ1v) is 9.17. The number of hydrogen-bond acceptors (Lipinski definition) is 3. The van der Waals surface area contributed by atoms with Crippen LogP contribution in [0, 0.1) is 27.7 Å². The fourth-order valence-electron chi connectivity index (χ4n) is 3.11. The zero-order valence-corrected chi connectivity index (χ0v) is 16.0. The number of carbonyl (C=O) groups is 2. The number of carbonyl (C=O) groups excluding carboxylic acids is 2. The highest BCUT2D eigenvalue weighted by molar-refractivity contribution is 8.18. The van der Waals surface area contributed by atoms with E-state index in [0.29, 0.717) is 11.4 Å². The molecule has 0 spiro atoms. The number of aryl methyl sites for hydroxylation is 3. The van der Waals surface area contributed by atoms with Crippen LogP contribution >= 0.6 is 11.8 Å². The Kier molecular flexibility index (Phi) is 4.60. The van der Waals surface area contributed by atoms with Gasteiger partial charge in [-0.2, -0.15) is 0 Å². The first kappa shape index (κ1) is 17.5. The molecule has 25 heavy (non-hydrogen) atoms. The zero-order chi connectivity index (χ0) is 18.3. The molecule has 0 N–H and O–H groups in total. The fourth-order valence-corrected chi connectivity index (χ4v) is 4.00. The van der Waals surface area contributed by atoms with E-state index in [1.54, 1.807) is 0 Å². The Bertz CT molecular complexity index is 909. The monoisotopic (exact) mass is 354 g/mol. The molecule has 4 nitrogen and oxygen atoms in total. The molecule has 1 fully saturated rings.